The van der Waals surface area contributed by atoms with Crippen molar-refractivity contribution in [3.8, 4) is 0 Å². The van der Waals surface area contributed by atoms with Crippen molar-refractivity contribution < 1.29 is 19.4 Å². The van der Waals surface area contributed by atoms with Crippen LogP contribution in [0.25, 0.3) is 0 Å². The Kier molecular flexibility index (Phi) is 4.18. The molecule has 2 heterocycles. The number of aliphatic hydroxyl groups is 1. The van der Waals surface area contributed by atoms with E-state index in [-0.39, 0.29) is 23.9 Å². The standard InChI is InChI=1S/C12H17N3O4/c1-18-12(17)9-4-11(14-5-10(9)13)15-2-3-19-7-8(15)6-16/h4-5,8,16H,2-3,6-7,13H2,1H3. The van der Waals surface area contributed by atoms with Gasteiger partial charge in [0, 0.05) is 6.54 Å². The molecule has 104 valence electrons. The summed E-state index contributed by atoms with van der Waals surface area (Å²) in [4.78, 5) is 17.7. The zero-order valence-corrected chi connectivity index (χ0v) is 10.7. The Morgan fingerprint density at radius 2 is 2.53 bits per heavy atom. The minimum Gasteiger partial charge on any atom is -0.465 e. The van der Waals surface area contributed by atoms with E-state index in [0.717, 1.165) is 0 Å². The van der Waals surface area contributed by atoms with Crippen LogP contribution in [0.2, 0.25) is 0 Å². The first-order valence-electron chi connectivity index (χ1n) is 5.96. The number of carbonyl (C=O) groups is 1. The Morgan fingerprint density at radius 1 is 1.74 bits per heavy atom. The summed E-state index contributed by atoms with van der Waals surface area (Å²) in [6.45, 7) is 1.54. The number of hydrogen-bond donors (Lipinski definition) is 2. The number of nitrogens with zero attached hydrogens (tertiary/aromatic N) is 2. The maximum Gasteiger partial charge on any atom is 0.340 e. The molecule has 3 N–H and O–H groups in total. The number of esters is 1. The Balaban J connectivity index is 2.31. The third-order valence-corrected chi connectivity index (χ3v) is 3.06. The molecule has 0 amide bonds. The van der Waals surface area contributed by atoms with E-state index in [1.807, 2.05) is 4.90 Å². The maximum atomic E-state index is 11.6. The number of pyridine rings is 1. The molecule has 7 heteroatoms. The van der Waals surface area contributed by atoms with E-state index in [1.165, 1.54) is 13.3 Å². The molecule has 2 rings (SSSR count). The van der Waals surface area contributed by atoms with Gasteiger partial charge in [-0.3, -0.25) is 0 Å². The number of morpholine rings is 1. The highest BCUT2D eigenvalue weighted by atomic mass is 16.5. The summed E-state index contributed by atoms with van der Waals surface area (Å²) in [6.07, 6.45) is 1.42. The minimum atomic E-state index is -0.505. The third-order valence-electron chi connectivity index (χ3n) is 3.06. The lowest BCUT2D eigenvalue weighted by molar-refractivity contribution is 0.0601. The topological polar surface area (TPSA) is 97.9 Å². The van der Waals surface area contributed by atoms with Crippen molar-refractivity contribution in [1.82, 2.24) is 4.98 Å². The quantitative estimate of drug-likeness (QED) is 0.722. The molecule has 1 unspecified atom stereocenters. The molecule has 1 aliphatic rings. The van der Waals surface area contributed by atoms with Crippen LogP contribution in [-0.2, 0) is 9.47 Å². The SMILES string of the molecule is COC(=O)c1cc(N2CCOCC2CO)ncc1N. The number of nitrogen functional groups attached to an aromatic ring is 1. The highest BCUT2D eigenvalue weighted by Crippen LogP contribution is 2.22. The lowest BCUT2D eigenvalue weighted by atomic mass is 10.2. The van der Waals surface area contributed by atoms with Crippen LogP contribution in [-0.4, -0.2) is 55.6 Å². The van der Waals surface area contributed by atoms with Crippen LogP contribution in [0, 0.1) is 0 Å². The largest absolute Gasteiger partial charge is 0.465 e. The first-order valence-corrected chi connectivity index (χ1v) is 5.96. The van der Waals surface area contributed by atoms with E-state index in [2.05, 4.69) is 9.72 Å². The monoisotopic (exact) mass is 267 g/mol. The molecule has 19 heavy (non-hydrogen) atoms. The van der Waals surface area contributed by atoms with Gasteiger partial charge in [-0.25, -0.2) is 9.78 Å². The summed E-state index contributed by atoms with van der Waals surface area (Å²) >= 11 is 0. The van der Waals surface area contributed by atoms with Crippen LogP contribution in [0.5, 0.6) is 0 Å². The first kappa shape index (κ1) is 13.6. The van der Waals surface area contributed by atoms with E-state index >= 15 is 0 Å². The number of rotatable bonds is 3. The highest BCUT2D eigenvalue weighted by Gasteiger charge is 2.24. The lowest BCUT2D eigenvalue weighted by Crippen LogP contribution is -2.48. The van der Waals surface area contributed by atoms with Crippen LogP contribution < -0.4 is 10.6 Å². The average Bonchev–Trinajstić information content (AvgIpc) is 2.47. The maximum absolute atomic E-state index is 11.6. The molecule has 1 aromatic rings. The molecule has 0 aromatic carbocycles. The van der Waals surface area contributed by atoms with E-state index in [1.54, 1.807) is 6.07 Å². The van der Waals surface area contributed by atoms with Crippen LogP contribution in [0.15, 0.2) is 12.3 Å². The van der Waals surface area contributed by atoms with Crippen molar-refractivity contribution in [3.63, 3.8) is 0 Å². The van der Waals surface area contributed by atoms with Gasteiger partial charge in [-0.2, -0.15) is 0 Å². The van der Waals surface area contributed by atoms with Gasteiger partial charge in [-0.1, -0.05) is 0 Å². The van der Waals surface area contributed by atoms with Gasteiger partial charge >= 0.3 is 5.97 Å². The molecule has 0 radical (unpaired) electrons. The normalized spacial score (nSPS) is 19.3. The smallest absolute Gasteiger partial charge is 0.340 e. The van der Waals surface area contributed by atoms with Crippen molar-refractivity contribution in [1.29, 1.82) is 0 Å². The predicted octanol–water partition coefficient (Wildman–Crippen LogP) is -0.352. The van der Waals surface area contributed by atoms with Crippen molar-refractivity contribution in [2.75, 3.05) is 44.1 Å². The van der Waals surface area contributed by atoms with E-state index in [4.69, 9.17) is 10.5 Å². The van der Waals surface area contributed by atoms with Gasteiger partial charge in [0.05, 0.1) is 50.4 Å². The van der Waals surface area contributed by atoms with Crippen molar-refractivity contribution in [3.05, 3.63) is 17.8 Å². The number of carbonyl (C=O) groups excluding carboxylic acids is 1. The second-order valence-electron chi connectivity index (χ2n) is 4.23. The van der Waals surface area contributed by atoms with Gasteiger partial charge in [0.2, 0.25) is 0 Å². The molecule has 1 atom stereocenters. The van der Waals surface area contributed by atoms with Crippen LogP contribution in [0.3, 0.4) is 0 Å². The summed E-state index contributed by atoms with van der Waals surface area (Å²) in [6, 6.07) is 1.41. The predicted molar refractivity (Wildman–Crippen MR) is 69.0 cm³/mol. The van der Waals surface area contributed by atoms with E-state index in [9.17, 15) is 9.90 Å². The van der Waals surface area contributed by atoms with Crippen LogP contribution in [0.1, 0.15) is 10.4 Å². The number of methoxy groups -OCH3 is 1. The zero-order chi connectivity index (χ0) is 13.8. The van der Waals surface area contributed by atoms with Gasteiger partial charge in [-0.15, -0.1) is 0 Å². The molecule has 0 bridgehead atoms. The number of hydrogen-bond acceptors (Lipinski definition) is 7. The van der Waals surface area contributed by atoms with E-state index in [0.29, 0.717) is 25.6 Å². The Hall–Kier alpha value is -1.86. The van der Waals surface area contributed by atoms with Crippen LogP contribution >= 0.6 is 0 Å². The molecule has 0 spiro atoms. The average molecular weight is 267 g/mol. The number of ether oxygens (including phenoxy) is 2. The summed E-state index contributed by atoms with van der Waals surface area (Å²) in [7, 11) is 1.30. The number of aliphatic hydroxyl groups excluding tert-OH is 1. The fraction of sp³-hybridized carbons (Fsp3) is 0.500. The number of anilines is 2. The molecule has 0 saturated carbocycles. The van der Waals surface area contributed by atoms with Crippen LogP contribution in [0.4, 0.5) is 11.5 Å². The molecular weight excluding hydrogens is 250 g/mol. The second kappa shape index (κ2) is 5.85. The molecule has 1 saturated heterocycles. The zero-order valence-electron chi connectivity index (χ0n) is 10.7. The van der Waals surface area contributed by atoms with Gasteiger partial charge in [-0.05, 0) is 6.07 Å². The lowest BCUT2D eigenvalue weighted by Gasteiger charge is -2.35. The summed E-state index contributed by atoms with van der Waals surface area (Å²) < 4.78 is 9.97. The molecule has 7 nitrogen and oxygen atoms in total. The highest BCUT2D eigenvalue weighted by molar-refractivity contribution is 5.95. The number of nitrogens with two attached hydrogens (primary N) is 1. The first-order chi connectivity index (χ1) is 9.17. The molecule has 1 aliphatic heterocycles. The fourth-order valence-electron chi connectivity index (χ4n) is 2.01. The summed E-state index contributed by atoms with van der Waals surface area (Å²) in [5.41, 5.74) is 6.25. The second-order valence-corrected chi connectivity index (χ2v) is 4.23. The van der Waals surface area contributed by atoms with Gasteiger partial charge in [0.25, 0.3) is 0 Å². The van der Waals surface area contributed by atoms with Crippen molar-refractivity contribution in [2.45, 2.75) is 6.04 Å². The molecule has 0 aliphatic carbocycles. The Bertz CT molecular complexity index is 466. The summed E-state index contributed by atoms with van der Waals surface area (Å²) in [5.74, 6) is 0.0758. The van der Waals surface area contributed by atoms with Gasteiger partial charge < -0.3 is 25.2 Å². The molecule has 1 aromatic heterocycles. The van der Waals surface area contributed by atoms with Gasteiger partial charge in [0.15, 0.2) is 0 Å². The van der Waals surface area contributed by atoms with Crippen molar-refractivity contribution in [2.24, 2.45) is 0 Å². The van der Waals surface area contributed by atoms with E-state index < -0.39 is 5.97 Å². The molecule has 1 fully saturated rings. The third kappa shape index (κ3) is 2.77. The Labute approximate surface area is 110 Å². The Morgan fingerprint density at radius 3 is 3.21 bits per heavy atom. The molecular formula is C12H17N3O4. The van der Waals surface area contributed by atoms with Crippen molar-refractivity contribution >= 4 is 17.5 Å². The summed E-state index contributed by atoms with van der Waals surface area (Å²) in [5, 5.41) is 9.34. The van der Waals surface area contributed by atoms with Gasteiger partial charge in [0.1, 0.15) is 5.82 Å². The minimum absolute atomic E-state index is 0.0420. The number of aromatic nitrogens is 1. The fourth-order valence-corrected chi connectivity index (χ4v) is 2.01.